The van der Waals surface area contributed by atoms with E-state index in [1.54, 1.807) is 0 Å². The minimum absolute atomic E-state index is 0.0265. The highest BCUT2D eigenvalue weighted by Crippen LogP contribution is 2.43. The Bertz CT molecular complexity index is 562. The number of hydrogen-bond acceptors (Lipinski definition) is 2. The summed E-state index contributed by atoms with van der Waals surface area (Å²) in [5, 5.41) is 3.69. The summed E-state index contributed by atoms with van der Waals surface area (Å²) in [6.45, 7) is 0. The Hall–Kier alpha value is -1.30. The van der Waals surface area contributed by atoms with Gasteiger partial charge in [0, 0.05) is 6.20 Å². The number of aromatic nitrogens is 3. The van der Waals surface area contributed by atoms with Gasteiger partial charge in [-0.05, 0) is 15.5 Å². The van der Waals surface area contributed by atoms with Crippen LogP contribution in [-0.2, 0) is 5.92 Å². The van der Waals surface area contributed by atoms with Crippen LogP contribution in [0.15, 0.2) is 18.5 Å². The predicted molar refractivity (Wildman–Crippen MR) is 52.6 cm³/mol. The molecule has 9 heteroatoms. The lowest BCUT2D eigenvalue weighted by molar-refractivity contribution is -0.289. The van der Waals surface area contributed by atoms with E-state index in [1.165, 1.54) is 10.6 Å². The molecule has 2 rings (SSSR count). The first-order chi connectivity index (χ1) is 7.72. The maximum absolute atomic E-state index is 13.0. The molecule has 0 spiro atoms. The minimum Gasteiger partial charge on any atom is -0.256 e. The lowest BCUT2D eigenvalue weighted by Gasteiger charge is -2.19. The van der Waals surface area contributed by atoms with E-state index in [4.69, 9.17) is 0 Å². The fraction of sp³-hybridized carbons (Fsp3) is 0.250. The lowest BCUT2D eigenvalue weighted by Crippen LogP contribution is -2.33. The van der Waals surface area contributed by atoms with Gasteiger partial charge in [0.05, 0.1) is 11.8 Å². The van der Waals surface area contributed by atoms with E-state index in [0.29, 0.717) is 12.3 Å². The van der Waals surface area contributed by atoms with Gasteiger partial charge < -0.3 is 0 Å². The van der Waals surface area contributed by atoms with Crippen molar-refractivity contribution in [2.45, 2.75) is 12.1 Å². The molecule has 2 aromatic heterocycles. The molecule has 1 atom stereocenters. The standard InChI is InChI=1S/C8H5F5N3P/c9-7(10,8(11,12)13)4-1-5-6(14-2-4)3-16(17)15-5/h1-3H,17H2. The molecule has 0 N–H and O–H groups in total. The molecule has 0 aromatic carbocycles. The van der Waals surface area contributed by atoms with Gasteiger partial charge in [-0.2, -0.15) is 27.1 Å². The maximum atomic E-state index is 13.0. The number of hydrogen-bond donors (Lipinski definition) is 0. The van der Waals surface area contributed by atoms with Crippen molar-refractivity contribution in [2.24, 2.45) is 0 Å². The number of pyridine rings is 1. The zero-order valence-electron chi connectivity index (χ0n) is 8.04. The van der Waals surface area contributed by atoms with Crippen LogP contribution < -0.4 is 0 Å². The summed E-state index contributed by atoms with van der Waals surface area (Å²) in [5.74, 6) is -4.93. The van der Waals surface area contributed by atoms with Crippen LogP contribution >= 0.6 is 9.39 Å². The van der Waals surface area contributed by atoms with Crippen LogP contribution in [0.1, 0.15) is 5.56 Å². The van der Waals surface area contributed by atoms with E-state index < -0.39 is 17.7 Å². The quantitative estimate of drug-likeness (QED) is 0.588. The SMILES string of the molecule is FC(F)(F)C(F)(F)c1cnc2cn(P)nc2c1. The Labute approximate surface area is 93.9 Å². The molecule has 0 saturated heterocycles. The van der Waals surface area contributed by atoms with E-state index in [1.807, 2.05) is 0 Å². The molecule has 0 radical (unpaired) electrons. The van der Waals surface area contributed by atoms with E-state index >= 15 is 0 Å². The second-order valence-electron chi connectivity index (χ2n) is 3.31. The highest BCUT2D eigenvalue weighted by Gasteiger charge is 2.59. The highest BCUT2D eigenvalue weighted by molar-refractivity contribution is 7.14. The summed E-state index contributed by atoms with van der Waals surface area (Å²) in [7, 11) is 2.13. The van der Waals surface area contributed by atoms with E-state index in [-0.39, 0.29) is 11.0 Å². The highest BCUT2D eigenvalue weighted by atomic mass is 31.0. The molecule has 0 aliphatic heterocycles. The van der Waals surface area contributed by atoms with Crippen LogP contribution in [-0.4, -0.2) is 20.7 Å². The summed E-state index contributed by atoms with van der Waals surface area (Å²) in [5.41, 5.74) is -1.01. The first-order valence-corrected chi connectivity index (χ1v) is 4.79. The molecular formula is C8H5F5N3P. The molecule has 92 valence electrons. The first-order valence-electron chi connectivity index (χ1n) is 4.27. The molecule has 0 saturated carbocycles. The molecule has 1 unspecified atom stereocenters. The monoisotopic (exact) mass is 269 g/mol. The third-order valence-electron chi connectivity index (χ3n) is 2.09. The van der Waals surface area contributed by atoms with Crippen molar-refractivity contribution in [3.63, 3.8) is 0 Å². The third-order valence-corrected chi connectivity index (χ3v) is 2.36. The maximum Gasteiger partial charge on any atom is 0.458 e. The van der Waals surface area contributed by atoms with Crippen molar-refractivity contribution in [1.82, 2.24) is 14.5 Å². The average molecular weight is 269 g/mol. The zero-order chi connectivity index (χ0) is 12.8. The van der Waals surface area contributed by atoms with Gasteiger partial charge in [-0.1, -0.05) is 0 Å². The largest absolute Gasteiger partial charge is 0.458 e. The van der Waals surface area contributed by atoms with E-state index in [0.717, 1.165) is 0 Å². The van der Waals surface area contributed by atoms with Gasteiger partial charge in [-0.3, -0.25) is 9.44 Å². The second-order valence-corrected chi connectivity index (χ2v) is 3.84. The van der Waals surface area contributed by atoms with Crippen LogP contribution in [0.2, 0.25) is 0 Å². The van der Waals surface area contributed by atoms with Gasteiger partial charge >= 0.3 is 12.1 Å². The van der Waals surface area contributed by atoms with Gasteiger partial charge in [-0.25, -0.2) is 0 Å². The summed E-state index contributed by atoms with van der Waals surface area (Å²) in [4.78, 5) is 3.51. The van der Waals surface area contributed by atoms with Crippen molar-refractivity contribution in [3.8, 4) is 0 Å². The Morgan fingerprint density at radius 3 is 2.35 bits per heavy atom. The Kier molecular flexibility index (Phi) is 2.57. The molecule has 17 heavy (non-hydrogen) atoms. The predicted octanol–water partition coefficient (Wildman–Crippen LogP) is 2.72. The summed E-state index contributed by atoms with van der Waals surface area (Å²) >= 11 is 0. The van der Waals surface area contributed by atoms with Crippen molar-refractivity contribution >= 4 is 20.4 Å². The van der Waals surface area contributed by atoms with Crippen molar-refractivity contribution < 1.29 is 22.0 Å². The Morgan fingerprint density at radius 2 is 1.76 bits per heavy atom. The van der Waals surface area contributed by atoms with Gasteiger partial charge in [0.25, 0.3) is 0 Å². The third kappa shape index (κ3) is 1.97. The molecule has 0 bridgehead atoms. The fourth-order valence-corrected chi connectivity index (χ4v) is 1.52. The summed E-state index contributed by atoms with van der Waals surface area (Å²) in [6, 6.07) is 0.677. The Balaban J connectivity index is 2.56. The summed E-state index contributed by atoms with van der Waals surface area (Å²) in [6.07, 6.45) is -3.76. The van der Waals surface area contributed by atoms with Crippen molar-refractivity contribution in [1.29, 1.82) is 0 Å². The van der Waals surface area contributed by atoms with Gasteiger partial charge in [0.2, 0.25) is 0 Å². The summed E-state index contributed by atoms with van der Waals surface area (Å²) < 4.78 is 63.5. The average Bonchev–Trinajstić information content (AvgIpc) is 2.54. The molecule has 0 aliphatic rings. The molecule has 0 amide bonds. The van der Waals surface area contributed by atoms with Gasteiger partial charge in [-0.15, -0.1) is 0 Å². The van der Waals surface area contributed by atoms with Crippen LogP contribution in [0, 0.1) is 0 Å². The molecule has 0 fully saturated rings. The fourth-order valence-electron chi connectivity index (χ4n) is 1.26. The van der Waals surface area contributed by atoms with Crippen LogP contribution in [0.3, 0.4) is 0 Å². The van der Waals surface area contributed by atoms with Gasteiger partial charge in [0.1, 0.15) is 11.0 Å². The van der Waals surface area contributed by atoms with Gasteiger partial charge in [0.15, 0.2) is 0 Å². The second kappa shape index (κ2) is 3.60. The topological polar surface area (TPSA) is 30.7 Å². The molecule has 0 aliphatic carbocycles. The smallest absolute Gasteiger partial charge is 0.256 e. The number of nitrogens with zero attached hydrogens (tertiary/aromatic N) is 3. The molecule has 3 nitrogen and oxygen atoms in total. The molecule has 2 heterocycles. The van der Waals surface area contributed by atoms with Crippen LogP contribution in [0.5, 0.6) is 0 Å². The van der Waals surface area contributed by atoms with E-state index in [2.05, 4.69) is 19.5 Å². The van der Waals surface area contributed by atoms with Crippen molar-refractivity contribution in [3.05, 3.63) is 24.0 Å². The van der Waals surface area contributed by atoms with Crippen LogP contribution in [0.4, 0.5) is 22.0 Å². The normalized spacial score (nSPS) is 13.3. The number of halogens is 5. The Morgan fingerprint density at radius 1 is 1.12 bits per heavy atom. The number of alkyl halides is 5. The molecule has 2 aromatic rings. The van der Waals surface area contributed by atoms with Crippen LogP contribution in [0.25, 0.3) is 11.0 Å². The van der Waals surface area contributed by atoms with Crippen molar-refractivity contribution in [2.75, 3.05) is 0 Å². The first kappa shape index (κ1) is 12.2. The minimum atomic E-state index is -5.65. The zero-order valence-corrected chi connectivity index (χ0v) is 9.20. The lowest BCUT2D eigenvalue weighted by atomic mass is 10.1. The van der Waals surface area contributed by atoms with E-state index in [9.17, 15) is 22.0 Å². The molecular weight excluding hydrogens is 264 g/mol. The number of fused-ring (bicyclic) bond motifs is 1. The number of rotatable bonds is 1.